The Labute approximate surface area is 174 Å². The van der Waals surface area contributed by atoms with E-state index in [-0.39, 0.29) is 18.3 Å². The molecular weight excluding hydrogens is 392 g/mol. The number of pyridine rings is 1. The summed E-state index contributed by atoms with van der Waals surface area (Å²) in [4.78, 5) is 27.5. The van der Waals surface area contributed by atoms with E-state index in [1.807, 2.05) is 42.5 Å². The molecule has 0 aliphatic rings. The van der Waals surface area contributed by atoms with Gasteiger partial charge in [-0.2, -0.15) is 0 Å². The fraction of sp³-hybridized carbons (Fsp3) is 0.190. The number of carbonyl (C=O) groups excluding carboxylic acids is 1. The van der Waals surface area contributed by atoms with Crippen LogP contribution in [-0.4, -0.2) is 35.2 Å². The van der Waals surface area contributed by atoms with Crippen LogP contribution >= 0.6 is 12.4 Å². The van der Waals surface area contributed by atoms with E-state index in [9.17, 15) is 9.59 Å². The number of fused-ring (bicyclic) bond motifs is 1. The van der Waals surface area contributed by atoms with Gasteiger partial charge in [0.25, 0.3) is 5.91 Å². The van der Waals surface area contributed by atoms with E-state index in [4.69, 9.17) is 5.11 Å². The van der Waals surface area contributed by atoms with Crippen LogP contribution in [0.1, 0.15) is 23.2 Å². The maximum Gasteiger partial charge on any atom is 0.404 e. The number of hydrogen-bond donors (Lipinski definition) is 4. The molecule has 3 aromatic rings. The van der Waals surface area contributed by atoms with Gasteiger partial charge >= 0.3 is 6.09 Å². The van der Waals surface area contributed by atoms with Crippen molar-refractivity contribution in [3.05, 3.63) is 66.4 Å². The molecule has 29 heavy (non-hydrogen) atoms. The highest BCUT2D eigenvalue weighted by Crippen LogP contribution is 2.30. The molecule has 0 bridgehead atoms. The van der Waals surface area contributed by atoms with Gasteiger partial charge in [0.15, 0.2) is 0 Å². The molecule has 0 saturated carbocycles. The number of nitrogens with one attached hydrogen (secondary N) is 3. The molecule has 1 heterocycles. The molecule has 3 rings (SSSR count). The zero-order valence-corrected chi connectivity index (χ0v) is 16.5. The van der Waals surface area contributed by atoms with Crippen LogP contribution in [0.5, 0.6) is 0 Å². The van der Waals surface area contributed by atoms with Crippen molar-refractivity contribution >= 4 is 46.7 Å². The van der Waals surface area contributed by atoms with E-state index >= 15 is 0 Å². The van der Waals surface area contributed by atoms with E-state index in [2.05, 4.69) is 20.9 Å². The molecule has 0 spiro atoms. The monoisotopic (exact) mass is 414 g/mol. The fourth-order valence-corrected chi connectivity index (χ4v) is 2.87. The molecule has 8 heteroatoms. The van der Waals surface area contributed by atoms with Gasteiger partial charge in [0.1, 0.15) is 0 Å². The van der Waals surface area contributed by atoms with Gasteiger partial charge in [-0.15, -0.1) is 12.4 Å². The van der Waals surface area contributed by atoms with E-state index in [0.717, 1.165) is 23.0 Å². The third-order valence-electron chi connectivity index (χ3n) is 4.24. The van der Waals surface area contributed by atoms with Gasteiger partial charge in [0, 0.05) is 24.0 Å². The van der Waals surface area contributed by atoms with Crippen LogP contribution < -0.4 is 16.0 Å². The van der Waals surface area contributed by atoms with Crippen LogP contribution in [0.15, 0.2) is 60.8 Å². The number of amides is 2. The van der Waals surface area contributed by atoms with Gasteiger partial charge in [-0.25, -0.2) is 4.79 Å². The SMILES string of the molecule is Cl.O=C(O)NCCCCNc1c(NC(=O)c2ccccc2)cnc2ccccc12. The van der Waals surface area contributed by atoms with Gasteiger partial charge < -0.3 is 21.1 Å². The van der Waals surface area contributed by atoms with Crippen molar-refractivity contribution in [3.8, 4) is 0 Å². The van der Waals surface area contributed by atoms with Crippen molar-refractivity contribution < 1.29 is 14.7 Å². The molecule has 2 aromatic carbocycles. The number of carbonyl (C=O) groups is 2. The maximum atomic E-state index is 12.6. The zero-order chi connectivity index (χ0) is 19.8. The molecule has 7 nitrogen and oxygen atoms in total. The van der Waals surface area contributed by atoms with Crippen molar-refractivity contribution in [1.29, 1.82) is 0 Å². The number of nitrogens with zero attached hydrogens (tertiary/aromatic N) is 1. The largest absolute Gasteiger partial charge is 0.465 e. The Hall–Kier alpha value is -3.32. The highest BCUT2D eigenvalue weighted by molar-refractivity contribution is 6.09. The predicted octanol–water partition coefficient (Wildman–Crippen LogP) is 4.37. The number of halogens is 1. The minimum Gasteiger partial charge on any atom is -0.465 e. The summed E-state index contributed by atoms with van der Waals surface area (Å²) in [5, 5.41) is 18.2. The van der Waals surface area contributed by atoms with Crippen LogP contribution in [0.25, 0.3) is 10.9 Å². The first-order valence-corrected chi connectivity index (χ1v) is 9.10. The third-order valence-corrected chi connectivity index (χ3v) is 4.24. The van der Waals surface area contributed by atoms with Gasteiger partial charge in [-0.05, 0) is 31.0 Å². The summed E-state index contributed by atoms with van der Waals surface area (Å²) in [5.41, 5.74) is 2.81. The molecule has 0 radical (unpaired) electrons. The Balaban J connectivity index is 0.00000300. The number of anilines is 2. The first-order valence-electron chi connectivity index (χ1n) is 9.10. The van der Waals surface area contributed by atoms with Crippen LogP contribution in [0.4, 0.5) is 16.2 Å². The Morgan fingerprint density at radius 2 is 1.62 bits per heavy atom. The highest BCUT2D eigenvalue weighted by Gasteiger charge is 2.12. The van der Waals surface area contributed by atoms with Gasteiger partial charge in [-0.3, -0.25) is 9.78 Å². The second-order valence-electron chi connectivity index (χ2n) is 6.25. The van der Waals surface area contributed by atoms with Crippen LogP contribution in [0.2, 0.25) is 0 Å². The van der Waals surface area contributed by atoms with Crippen LogP contribution in [0.3, 0.4) is 0 Å². The van der Waals surface area contributed by atoms with E-state index < -0.39 is 6.09 Å². The lowest BCUT2D eigenvalue weighted by Crippen LogP contribution is -2.22. The third kappa shape index (κ3) is 6.08. The number of rotatable bonds is 8. The average molecular weight is 415 g/mol. The summed E-state index contributed by atoms with van der Waals surface area (Å²) < 4.78 is 0. The summed E-state index contributed by atoms with van der Waals surface area (Å²) in [6.45, 7) is 1.05. The Morgan fingerprint density at radius 1 is 0.931 bits per heavy atom. The number of unbranched alkanes of at least 4 members (excludes halogenated alkanes) is 1. The summed E-state index contributed by atoms with van der Waals surface area (Å²) in [5.74, 6) is -0.202. The minimum absolute atomic E-state index is 0. The second kappa shape index (κ2) is 10.9. The topological polar surface area (TPSA) is 103 Å². The van der Waals surface area contributed by atoms with E-state index in [1.54, 1.807) is 18.3 Å². The van der Waals surface area contributed by atoms with Crippen LogP contribution in [0, 0.1) is 0 Å². The fourth-order valence-electron chi connectivity index (χ4n) is 2.87. The molecule has 0 aliphatic heterocycles. The standard InChI is InChI=1S/C21H22N4O3.ClH/c26-20(15-8-2-1-3-9-15)25-18-14-24-17-11-5-4-10-16(17)19(18)22-12-6-7-13-23-21(27)28;/h1-5,8-11,14,23H,6-7,12-13H2,(H,22,24)(H,25,26)(H,27,28);1H. The number of benzene rings is 2. The molecule has 0 fully saturated rings. The number of para-hydroxylation sites is 1. The lowest BCUT2D eigenvalue weighted by molar-refractivity contribution is 0.102. The molecule has 0 saturated heterocycles. The van der Waals surface area contributed by atoms with Crippen molar-refractivity contribution in [1.82, 2.24) is 10.3 Å². The van der Waals surface area contributed by atoms with Crippen molar-refractivity contribution in [3.63, 3.8) is 0 Å². The normalized spacial score (nSPS) is 10.1. The van der Waals surface area contributed by atoms with Crippen molar-refractivity contribution in [2.75, 3.05) is 23.7 Å². The Kier molecular flexibility index (Phi) is 8.24. The van der Waals surface area contributed by atoms with E-state index in [0.29, 0.717) is 30.8 Å². The predicted molar refractivity (Wildman–Crippen MR) is 117 cm³/mol. The first-order chi connectivity index (χ1) is 13.6. The summed E-state index contributed by atoms with van der Waals surface area (Å²) >= 11 is 0. The van der Waals surface area contributed by atoms with E-state index in [1.165, 1.54) is 0 Å². The molecule has 152 valence electrons. The van der Waals surface area contributed by atoms with Crippen molar-refractivity contribution in [2.24, 2.45) is 0 Å². The summed E-state index contributed by atoms with van der Waals surface area (Å²) in [7, 11) is 0. The zero-order valence-electron chi connectivity index (χ0n) is 15.7. The highest BCUT2D eigenvalue weighted by atomic mass is 35.5. The first kappa shape index (κ1) is 22.0. The Bertz CT molecular complexity index is 967. The molecule has 2 amide bonds. The van der Waals surface area contributed by atoms with Gasteiger partial charge in [-0.1, -0.05) is 36.4 Å². The molecule has 0 aliphatic carbocycles. The second-order valence-corrected chi connectivity index (χ2v) is 6.25. The molecule has 0 unspecified atom stereocenters. The summed E-state index contributed by atoms with van der Waals surface area (Å²) in [6.07, 6.45) is 2.13. The van der Waals surface area contributed by atoms with Gasteiger partial charge in [0.2, 0.25) is 0 Å². The van der Waals surface area contributed by atoms with Crippen LogP contribution in [-0.2, 0) is 0 Å². The molecular formula is C21H23ClN4O3. The number of aromatic nitrogens is 1. The molecule has 1 aromatic heterocycles. The number of carboxylic acid groups (broad SMARTS) is 1. The lowest BCUT2D eigenvalue weighted by atomic mass is 10.1. The molecule has 4 N–H and O–H groups in total. The average Bonchev–Trinajstić information content (AvgIpc) is 2.72. The Morgan fingerprint density at radius 3 is 2.38 bits per heavy atom. The molecule has 0 atom stereocenters. The maximum absolute atomic E-state index is 12.6. The quantitative estimate of drug-likeness (QED) is 0.410. The van der Waals surface area contributed by atoms with Crippen molar-refractivity contribution in [2.45, 2.75) is 12.8 Å². The summed E-state index contributed by atoms with van der Waals surface area (Å²) in [6, 6.07) is 16.7. The lowest BCUT2D eigenvalue weighted by Gasteiger charge is -2.15. The number of hydrogen-bond acceptors (Lipinski definition) is 4. The smallest absolute Gasteiger partial charge is 0.404 e. The van der Waals surface area contributed by atoms with Gasteiger partial charge in [0.05, 0.1) is 23.1 Å². The minimum atomic E-state index is -1.01.